The van der Waals surface area contributed by atoms with Crippen LogP contribution in [0.25, 0.3) is 5.69 Å². The SMILES string of the molecule is CCC(O)c1ccccc1-n1cc(I)cn1. The van der Waals surface area contributed by atoms with Crippen LogP contribution < -0.4 is 0 Å². The number of para-hydroxylation sites is 1. The Hall–Kier alpha value is -0.880. The van der Waals surface area contributed by atoms with Crippen molar-refractivity contribution >= 4 is 22.6 Å². The average Bonchev–Trinajstić information content (AvgIpc) is 2.75. The minimum Gasteiger partial charge on any atom is -0.388 e. The average molecular weight is 328 g/mol. The van der Waals surface area contributed by atoms with Crippen molar-refractivity contribution in [3.8, 4) is 5.69 Å². The molecule has 1 aromatic carbocycles. The Morgan fingerprint density at radius 2 is 2.19 bits per heavy atom. The molecule has 0 aliphatic carbocycles. The van der Waals surface area contributed by atoms with Gasteiger partial charge in [0, 0.05) is 11.8 Å². The van der Waals surface area contributed by atoms with Crippen LogP contribution in [-0.2, 0) is 0 Å². The smallest absolute Gasteiger partial charge is 0.0808 e. The zero-order valence-corrected chi connectivity index (χ0v) is 11.1. The molecular weight excluding hydrogens is 315 g/mol. The fraction of sp³-hybridized carbons (Fsp3) is 0.250. The molecule has 0 amide bonds. The van der Waals surface area contributed by atoms with Crippen LogP contribution in [0, 0.1) is 3.57 Å². The fourth-order valence-corrected chi connectivity index (χ4v) is 2.02. The maximum Gasteiger partial charge on any atom is 0.0808 e. The Morgan fingerprint density at radius 3 is 2.81 bits per heavy atom. The van der Waals surface area contributed by atoms with Crippen molar-refractivity contribution in [2.45, 2.75) is 19.4 Å². The molecule has 1 N–H and O–H groups in total. The zero-order chi connectivity index (χ0) is 11.5. The minimum atomic E-state index is -0.432. The van der Waals surface area contributed by atoms with Crippen molar-refractivity contribution in [1.82, 2.24) is 9.78 Å². The van der Waals surface area contributed by atoms with Gasteiger partial charge >= 0.3 is 0 Å². The second kappa shape index (κ2) is 4.97. The van der Waals surface area contributed by atoms with Crippen molar-refractivity contribution in [2.24, 2.45) is 0 Å². The predicted octanol–water partition coefficient (Wildman–Crippen LogP) is 2.92. The summed E-state index contributed by atoms with van der Waals surface area (Å²) in [5.74, 6) is 0. The van der Waals surface area contributed by atoms with Crippen LogP contribution in [0.5, 0.6) is 0 Å². The van der Waals surface area contributed by atoms with Crippen LogP contribution in [0.3, 0.4) is 0 Å². The topological polar surface area (TPSA) is 38.0 Å². The highest BCUT2D eigenvalue weighted by molar-refractivity contribution is 14.1. The number of benzene rings is 1. The van der Waals surface area contributed by atoms with Crippen LogP contribution in [-0.4, -0.2) is 14.9 Å². The summed E-state index contributed by atoms with van der Waals surface area (Å²) in [5, 5.41) is 14.2. The molecule has 4 heteroatoms. The van der Waals surface area contributed by atoms with Gasteiger partial charge in [0.2, 0.25) is 0 Å². The number of nitrogens with zero attached hydrogens (tertiary/aromatic N) is 2. The number of aliphatic hydroxyl groups excluding tert-OH is 1. The summed E-state index contributed by atoms with van der Waals surface area (Å²) in [6, 6.07) is 7.80. The highest BCUT2D eigenvalue weighted by atomic mass is 127. The zero-order valence-electron chi connectivity index (χ0n) is 8.97. The molecule has 2 aromatic rings. The Labute approximate surface area is 108 Å². The Bertz CT molecular complexity index is 481. The first-order valence-corrected chi connectivity index (χ1v) is 6.27. The molecule has 0 fully saturated rings. The van der Waals surface area contributed by atoms with Crippen molar-refractivity contribution in [1.29, 1.82) is 0 Å². The molecule has 1 unspecified atom stereocenters. The van der Waals surface area contributed by atoms with Gasteiger partial charge < -0.3 is 5.11 Å². The van der Waals surface area contributed by atoms with Crippen LogP contribution in [0.4, 0.5) is 0 Å². The largest absolute Gasteiger partial charge is 0.388 e. The van der Waals surface area contributed by atoms with E-state index >= 15 is 0 Å². The number of aliphatic hydroxyl groups is 1. The summed E-state index contributed by atoms with van der Waals surface area (Å²) < 4.78 is 2.88. The summed E-state index contributed by atoms with van der Waals surface area (Å²) in [5.41, 5.74) is 1.87. The lowest BCUT2D eigenvalue weighted by molar-refractivity contribution is 0.173. The molecule has 1 aromatic heterocycles. The first-order chi connectivity index (χ1) is 7.72. The number of hydrogen-bond donors (Lipinski definition) is 1. The van der Waals surface area contributed by atoms with E-state index in [0.29, 0.717) is 6.42 Å². The standard InChI is InChI=1S/C12H13IN2O/c1-2-12(16)10-5-3-4-6-11(10)15-8-9(13)7-14-15/h3-8,12,16H,2H2,1H3. The number of aromatic nitrogens is 2. The lowest BCUT2D eigenvalue weighted by atomic mass is 10.1. The monoisotopic (exact) mass is 328 g/mol. The number of hydrogen-bond acceptors (Lipinski definition) is 2. The first-order valence-electron chi connectivity index (χ1n) is 5.20. The third kappa shape index (κ3) is 2.27. The summed E-state index contributed by atoms with van der Waals surface area (Å²) in [4.78, 5) is 0. The summed E-state index contributed by atoms with van der Waals surface area (Å²) in [7, 11) is 0. The van der Waals surface area contributed by atoms with Crippen LogP contribution >= 0.6 is 22.6 Å². The molecule has 84 valence electrons. The Kier molecular flexibility index (Phi) is 3.60. The van der Waals surface area contributed by atoms with Gasteiger partial charge in [0.15, 0.2) is 0 Å². The van der Waals surface area contributed by atoms with Crippen molar-refractivity contribution < 1.29 is 5.11 Å². The molecule has 0 spiro atoms. The molecule has 0 radical (unpaired) electrons. The van der Waals surface area contributed by atoms with Gasteiger partial charge in [-0.1, -0.05) is 25.1 Å². The number of halogens is 1. The molecule has 1 heterocycles. The predicted molar refractivity (Wildman–Crippen MR) is 71.5 cm³/mol. The summed E-state index contributed by atoms with van der Waals surface area (Å²) in [6.07, 6.45) is 4.02. The van der Waals surface area contributed by atoms with Crippen LogP contribution in [0.2, 0.25) is 0 Å². The Morgan fingerprint density at radius 1 is 1.44 bits per heavy atom. The van der Waals surface area contributed by atoms with Crippen molar-refractivity contribution in [3.05, 3.63) is 45.8 Å². The minimum absolute atomic E-state index is 0.432. The quantitative estimate of drug-likeness (QED) is 0.880. The van der Waals surface area contributed by atoms with E-state index in [9.17, 15) is 5.11 Å². The van der Waals surface area contributed by atoms with Crippen LogP contribution in [0.1, 0.15) is 25.0 Å². The Balaban J connectivity index is 2.48. The molecule has 0 bridgehead atoms. The van der Waals surface area contributed by atoms with E-state index in [2.05, 4.69) is 27.7 Å². The second-order valence-electron chi connectivity index (χ2n) is 3.59. The van der Waals surface area contributed by atoms with Crippen molar-refractivity contribution in [2.75, 3.05) is 0 Å². The molecule has 0 saturated carbocycles. The highest BCUT2D eigenvalue weighted by Gasteiger charge is 2.11. The second-order valence-corrected chi connectivity index (χ2v) is 4.83. The van der Waals surface area contributed by atoms with E-state index in [1.807, 2.05) is 37.4 Å². The van der Waals surface area contributed by atoms with Gasteiger partial charge in [-0.25, -0.2) is 4.68 Å². The first kappa shape index (κ1) is 11.6. The molecule has 3 nitrogen and oxygen atoms in total. The van der Waals surface area contributed by atoms with Gasteiger partial charge in [0.1, 0.15) is 0 Å². The molecule has 1 atom stereocenters. The van der Waals surface area contributed by atoms with Gasteiger partial charge in [-0.15, -0.1) is 0 Å². The van der Waals surface area contributed by atoms with Gasteiger partial charge in [-0.3, -0.25) is 0 Å². The van der Waals surface area contributed by atoms with Crippen molar-refractivity contribution in [3.63, 3.8) is 0 Å². The highest BCUT2D eigenvalue weighted by Crippen LogP contribution is 2.23. The molecular formula is C12H13IN2O. The molecule has 2 rings (SSSR count). The van der Waals surface area contributed by atoms with Gasteiger partial charge in [0.05, 0.1) is 21.6 Å². The van der Waals surface area contributed by atoms with E-state index < -0.39 is 6.10 Å². The lowest BCUT2D eigenvalue weighted by Gasteiger charge is -2.13. The summed E-state index contributed by atoms with van der Waals surface area (Å²) >= 11 is 2.22. The fourth-order valence-electron chi connectivity index (χ4n) is 1.63. The molecule has 16 heavy (non-hydrogen) atoms. The lowest BCUT2D eigenvalue weighted by Crippen LogP contribution is -2.04. The maximum atomic E-state index is 9.94. The van der Waals surface area contributed by atoms with Crippen LogP contribution in [0.15, 0.2) is 36.7 Å². The maximum absolute atomic E-state index is 9.94. The molecule has 0 aliphatic rings. The van der Waals surface area contributed by atoms with E-state index in [1.54, 1.807) is 10.9 Å². The van der Waals surface area contributed by atoms with E-state index in [4.69, 9.17) is 0 Å². The van der Waals surface area contributed by atoms with Gasteiger partial charge in [-0.2, -0.15) is 5.10 Å². The molecule has 0 aliphatic heterocycles. The summed E-state index contributed by atoms with van der Waals surface area (Å²) in [6.45, 7) is 1.97. The normalized spacial score (nSPS) is 12.7. The van der Waals surface area contributed by atoms with E-state index in [0.717, 1.165) is 14.8 Å². The van der Waals surface area contributed by atoms with E-state index in [1.165, 1.54) is 0 Å². The van der Waals surface area contributed by atoms with Gasteiger partial charge in [0.25, 0.3) is 0 Å². The molecule has 0 saturated heterocycles. The third-order valence-electron chi connectivity index (χ3n) is 2.48. The number of rotatable bonds is 3. The van der Waals surface area contributed by atoms with E-state index in [-0.39, 0.29) is 0 Å². The third-order valence-corrected chi connectivity index (χ3v) is 3.04. The van der Waals surface area contributed by atoms with Gasteiger partial charge in [-0.05, 0) is 35.1 Å².